The summed E-state index contributed by atoms with van der Waals surface area (Å²) in [5.41, 5.74) is 0. The van der Waals surface area contributed by atoms with Gasteiger partial charge in [-0.05, 0) is 18.8 Å². The zero-order chi connectivity index (χ0) is 16.3. The highest BCUT2D eigenvalue weighted by Gasteiger charge is 2.00. The maximum atomic E-state index is 3.37. The lowest BCUT2D eigenvalue weighted by Gasteiger charge is -2.09. The summed E-state index contributed by atoms with van der Waals surface area (Å²) in [6.45, 7) is 6.98. The maximum absolute atomic E-state index is 3.37. The summed E-state index contributed by atoms with van der Waals surface area (Å²) in [5.74, 6) is 7.66. The molecule has 0 radical (unpaired) electrons. The second-order valence-electron chi connectivity index (χ2n) is 7.07. The van der Waals surface area contributed by atoms with Crippen LogP contribution in [0.25, 0.3) is 0 Å². The van der Waals surface area contributed by atoms with E-state index in [0.29, 0.717) is 0 Å². The Balaban J connectivity index is 3.19. The molecule has 0 aliphatic carbocycles. The van der Waals surface area contributed by atoms with Crippen molar-refractivity contribution in [3.05, 3.63) is 0 Å². The molecule has 0 heterocycles. The highest BCUT2D eigenvalue weighted by Crippen LogP contribution is 2.15. The van der Waals surface area contributed by atoms with Gasteiger partial charge in [0.05, 0.1) is 0 Å². The molecule has 0 aromatic rings. The monoisotopic (exact) mass is 306 g/mol. The van der Waals surface area contributed by atoms with Crippen molar-refractivity contribution in [3.63, 3.8) is 0 Å². The Hall–Kier alpha value is -0.440. The molecule has 0 saturated carbocycles. The SMILES string of the molecule is CCCCCCCCCCC#CCCCCC(C)CCCC. The first kappa shape index (κ1) is 21.6. The molecule has 0 amide bonds. The molecule has 0 aliphatic heterocycles. The van der Waals surface area contributed by atoms with E-state index in [1.807, 2.05) is 0 Å². The van der Waals surface area contributed by atoms with Crippen LogP contribution in [0.1, 0.15) is 124 Å². The predicted octanol–water partition coefficient (Wildman–Crippen LogP) is 7.91. The number of hydrogen-bond acceptors (Lipinski definition) is 0. The molecule has 0 N–H and O–H groups in total. The molecule has 0 nitrogen and oxygen atoms in total. The van der Waals surface area contributed by atoms with E-state index in [2.05, 4.69) is 32.6 Å². The maximum Gasteiger partial charge on any atom is 0.00886 e. The quantitative estimate of drug-likeness (QED) is 0.213. The smallest absolute Gasteiger partial charge is 0.00886 e. The van der Waals surface area contributed by atoms with Crippen LogP contribution in [0.15, 0.2) is 0 Å². The Morgan fingerprint density at radius 2 is 1.00 bits per heavy atom. The van der Waals surface area contributed by atoms with Crippen LogP contribution in [0, 0.1) is 17.8 Å². The fraction of sp³-hybridized carbons (Fsp3) is 0.909. The van der Waals surface area contributed by atoms with E-state index >= 15 is 0 Å². The lowest BCUT2D eigenvalue weighted by atomic mass is 9.97. The molecular formula is C22H42. The average Bonchev–Trinajstić information content (AvgIpc) is 2.53. The van der Waals surface area contributed by atoms with Crippen molar-refractivity contribution >= 4 is 0 Å². The van der Waals surface area contributed by atoms with Crippen LogP contribution in [0.2, 0.25) is 0 Å². The minimum absolute atomic E-state index is 0.922. The summed E-state index contributed by atoms with van der Waals surface area (Å²) >= 11 is 0. The van der Waals surface area contributed by atoms with Crippen LogP contribution < -0.4 is 0 Å². The van der Waals surface area contributed by atoms with Crippen LogP contribution in [0.4, 0.5) is 0 Å². The van der Waals surface area contributed by atoms with Gasteiger partial charge in [-0.3, -0.25) is 0 Å². The second-order valence-corrected chi connectivity index (χ2v) is 7.07. The van der Waals surface area contributed by atoms with Crippen molar-refractivity contribution in [3.8, 4) is 11.8 Å². The zero-order valence-electron chi connectivity index (χ0n) is 15.9. The van der Waals surface area contributed by atoms with E-state index in [9.17, 15) is 0 Å². The van der Waals surface area contributed by atoms with E-state index in [0.717, 1.165) is 18.8 Å². The molecule has 0 bridgehead atoms. The summed E-state index contributed by atoms with van der Waals surface area (Å²) in [4.78, 5) is 0. The number of hydrogen-bond donors (Lipinski definition) is 0. The topological polar surface area (TPSA) is 0 Å². The first-order chi connectivity index (χ1) is 10.8. The van der Waals surface area contributed by atoms with E-state index in [1.165, 1.54) is 89.9 Å². The number of rotatable bonds is 15. The normalized spacial score (nSPS) is 12.0. The van der Waals surface area contributed by atoms with Crippen LogP contribution in [0.5, 0.6) is 0 Å². The van der Waals surface area contributed by atoms with Crippen molar-refractivity contribution in [2.24, 2.45) is 5.92 Å². The van der Waals surface area contributed by atoms with Gasteiger partial charge in [0.25, 0.3) is 0 Å². The van der Waals surface area contributed by atoms with Crippen LogP contribution in [-0.4, -0.2) is 0 Å². The van der Waals surface area contributed by atoms with Gasteiger partial charge in [0, 0.05) is 12.8 Å². The first-order valence-corrected chi connectivity index (χ1v) is 10.3. The molecule has 0 aromatic carbocycles. The van der Waals surface area contributed by atoms with Gasteiger partial charge < -0.3 is 0 Å². The molecule has 1 atom stereocenters. The van der Waals surface area contributed by atoms with Crippen molar-refractivity contribution < 1.29 is 0 Å². The summed E-state index contributed by atoms with van der Waals surface area (Å²) < 4.78 is 0. The Kier molecular flexibility index (Phi) is 18.2. The molecule has 0 fully saturated rings. The lowest BCUT2D eigenvalue weighted by molar-refractivity contribution is 0.451. The molecular weight excluding hydrogens is 264 g/mol. The van der Waals surface area contributed by atoms with Crippen LogP contribution in [-0.2, 0) is 0 Å². The molecule has 0 aromatic heterocycles. The summed E-state index contributed by atoms with van der Waals surface area (Å²) in [6.07, 6.45) is 21.7. The second kappa shape index (κ2) is 18.6. The Labute approximate surface area is 141 Å². The van der Waals surface area contributed by atoms with Gasteiger partial charge in [-0.25, -0.2) is 0 Å². The molecule has 0 rings (SSSR count). The van der Waals surface area contributed by atoms with Gasteiger partial charge in [0.15, 0.2) is 0 Å². The van der Waals surface area contributed by atoms with E-state index in [1.54, 1.807) is 0 Å². The third-order valence-corrected chi connectivity index (χ3v) is 4.58. The minimum Gasteiger partial charge on any atom is -0.103 e. The van der Waals surface area contributed by atoms with Crippen LogP contribution in [0.3, 0.4) is 0 Å². The Bertz CT molecular complexity index is 255. The van der Waals surface area contributed by atoms with Gasteiger partial charge >= 0.3 is 0 Å². The Morgan fingerprint density at radius 3 is 1.59 bits per heavy atom. The minimum atomic E-state index is 0.922. The fourth-order valence-electron chi connectivity index (χ4n) is 2.93. The Morgan fingerprint density at radius 1 is 0.545 bits per heavy atom. The van der Waals surface area contributed by atoms with Crippen LogP contribution >= 0.6 is 0 Å². The van der Waals surface area contributed by atoms with Crippen molar-refractivity contribution in [1.29, 1.82) is 0 Å². The van der Waals surface area contributed by atoms with Gasteiger partial charge in [0.2, 0.25) is 0 Å². The zero-order valence-corrected chi connectivity index (χ0v) is 15.9. The standard InChI is InChI=1S/C22H42/c1-4-6-8-9-10-11-12-13-14-15-16-17-18-19-21-22(3)20-7-5-2/h22H,4-14,17-21H2,1-3H3. The molecule has 130 valence electrons. The predicted molar refractivity (Wildman–Crippen MR) is 102 cm³/mol. The summed E-state index contributed by atoms with van der Waals surface area (Å²) in [7, 11) is 0. The summed E-state index contributed by atoms with van der Waals surface area (Å²) in [5, 5.41) is 0. The van der Waals surface area contributed by atoms with Gasteiger partial charge in [-0.15, -0.1) is 11.8 Å². The highest BCUT2D eigenvalue weighted by atomic mass is 14.1. The highest BCUT2D eigenvalue weighted by molar-refractivity contribution is 4.98. The molecule has 0 saturated heterocycles. The average molecular weight is 307 g/mol. The lowest BCUT2D eigenvalue weighted by Crippen LogP contribution is -1.94. The largest absolute Gasteiger partial charge is 0.103 e. The van der Waals surface area contributed by atoms with Gasteiger partial charge in [-0.2, -0.15) is 0 Å². The van der Waals surface area contributed by atoms with E-state index < -0.39 is 0 Å². The molecule has 1 unspecified atom stereocenters. The summed E-state index contributed by atoms with van der Waals surface area (Å²) in [6, 6.07) is 0. The van der Waals surface area contributed by atoms with Gasteiger partial charge in [0.1, 0.15) is 0 Å². The van der Waals surface area contributed by atoms with Gasteiger partial charge in [-0.1, -0.05) is 97.8 Å². The molecule has 0 aliphatic rings. The van der Waals surface area contributed by atoms with Crippen molar-refractivity contribution in [2.45, 2.75) is 124 Å². The first-order valence-electron chi connectivity index (χ1n) is 10.3. The third-order valence-electron chi connectivity index (χ3n) is 4.58. The fourth-order valence-corrected chi connectivity index (χ4v) is 2.93. The van der Waals surface area contributed by atoms with Crippen molar-refractivity contribution in [2.75, 3.05) is 0 Å². The number of unbranched alkanes of at least 4 members (excludes halogenated alkanes) is 11. The van der Waals surface area contributed by atoms with Crippen molar-refractivity contribution in [1.82, 2.24) is 0 Å². The van der Waals surface area contributed by atoms with E-state index in [4.69, 9.17) is 0 Å². The molecule has 22 heavy (non-hydrogen) atoms. The van der Waals surface area contributed by atoms with E-state index in [-0.39, 0.29) is 0 Å². The molecule has 0 spiro atoms. The third kappa shape index (κ3) is 17.6. The molecule has 0 heteroatoms.